The largest absolute Gasteiger partial charge is 0.444 e. The molecule has 1 saturated carbocycles. The third-order valence-electron chi connectivity index (χ3n) is 7.26. The average Bonchev–Trinajstić information content (AvgIpc) is 2.66. The van der Waals surface area contributed by atoms with Crippen LogP contribution in [0.2, 0.25) is 0 Å². The van der Waals surface area contributed by atoms with Crippen LogP contribution in [0.3, 0.4) is 0 Å². The maximum atomic E-state index is 13.0. The topological polar surface area (TPSA) is 55.8 Å². The van der Waals surface area contributed by atoms with Crippen molar-refractivity contribution in [1.29, 1.82) is 0 Å². The number of hydrogen-bond donors (Lipinski definition) is 0. The number of hydrogen-bond acceptors (Lipinski definition) is 4. The van der Waals surface area contributed by atoms with Crippen molar-refractivity contribution in [3.63, 3.8) is 0 Å². The molecule has 0 radical (unpaired) electrons. The Kier molecular flexibility index (Phi) is 5.38. The van der Waals surface area contributed by atoms with E-state index in [0.29, 0.717) is 11.7 Å². The molecule has 1 aromatic rings. The van der Waals surface area contributed by atoms with Crippen LogP contribution in [0.25, 0.3) is 0 Å². The first-order valence-electron chi connectivity index (χ1n) is 11.8. The average molecular weight is 428 g/mol. The van der Waals surface area contributed by atoms with Crippen LogP contribution in [-0.4, -0.2) is 35.2 Å². The van der Waals surface area contributed by atoms with E-state index in [0.717, 1.165) is 32.2 Å². The van der Waals surface area contributed by atoms with E-state index < -0.39 is 11.0 Å². The Balaban J connectivity index is 1.68. The van der Waals surface area contributed by atoms with Crippen molar-refractivity contribution in [3.8, 4) is 5.75 Å². The molecule has 5 nitrogen and oxygen atoms in total. The summed E-state index contributed by atoms with van der Waals surface area (Å²) >= 11 is 0. The van der Waals surface area contributed by atoms with Crippen LogP contribution in [0.4, 0.5) is 4.79 Å². The summed E-state index contributed by atoms with van der Waals surface area (Å²) in [6.07, 6.45) is 6.29. The molecule has 4 rings (SSSR count). The lowest BCUT2D eigenvalue weighted by Gasteiger charge is -2.58. The van der Waals surface area contributed by atoms with E-state index in [2.05, 4.69) is 12.1 Å². The number of esters is 1. The summed E-state index contributed by atoms with van der Waals surface area (Å²) in [7, 11) is 0. The zero-order chi connectivity index (χ0) is 22.6. The minimum absolute atomic E-state index is 0.0686. The van der Waals surface area contributed by atoms with E-state index >= 15 is 0 Å². The molecule has 3 aliphatic rings. The fourth-order valence-corrected chi connectivity index (χ4v) is 5.86. The number of benzene rings is 1. The predicted octanol–water partition coefficient (Wildman–Crippen LogP) is 5.63. The Morgan fingerprint density at radius 3 is 2.48 bits per heavy atom. The van der Waals surface area contributed by atoms with Gasteiger partial charge in [0.05, 0.1) is 5.41 Å². The molecule has 0 spiro atoms. The summed E-state index contributed by atoms with van der Waals surface area (Å²) in [6.45, 7) is 12.1. The Labute approximate surface area is 186 Å². The molecule has 2 bridgehead atoms. The van der Waals surface area contributed by atoms with Gasteiger partial charge < -0.3 is 14.4 Å². The van der Waals surface area contributed by atoms with Crippen molar-refractivity contribution in [1.82, 2.24) is 4.90 Å². The van der Waals surface area contributed by atoms with E-state index in [1.54, 1.807) is 0 Å². The lowest BCUT2D eigenvalue weighted by atomic mass is 9.52. The second-order valence-electron chi connectivity index (χ2n) is 11.7. The molecular weight excluding hydrogens is 390 g/mol. The smallest absolute Gasteiger partial charge is 0.410 e. The zero-order valence-corrected chi connectivity index (χ0v) is 19.9. The molecule has 1 amide bonds. The summed E-state index contributed by atoms with van der Waals surface area (Å²) in [6, 6.07) is 6.32. The number of carbonyl (C=O) groups is 2. The van der Waals surface area contributed by atoms with Gasteiger partial charge in [-0.05, 0) is 96.4 Å². The van der Waals surface area contributed by atoms with Crippen molar-refractivity contribution < 1.29 is 19.1 Å². The van der Waals surface area contributed by atoms with Gasteiger partial charge in [-0.1, -0.05) is 18.9 Å². The van der Waals surface area contributed by atoms with Crippen LogP contribution < -0.4 is 4.74 Å². The number of likely N-dealkylation sites (tertiary alicyclic amines) is 1. The van der Waals surface area contributed by atoms with Crippen LogP contribution in [0, 0.1) is 11.3 Å². The SMILES string of the molecule is CC(C)(C)OC(=O)N1CCC23CCCCC2C1Cc1ccc(OC(=O)C(C)(C)C)cc13. The minimum Gasteiger partial charge on any atom is -0.444 e. The van der Waals surface area contributed by atoms with Gasteiger partial charge >= 0.3 is 12.1 Å². The maximum absolute atomic E-state index is 13.0. The standard InChI is InChI=1S/C26H37NO4/c1-24(2,3)22(28)30-18-11-10-17-15-21-19-9-7-8-12-26(19,20(17)16-18)13-14-27(21)23(29)31-25(4,5)6/h10-11,16,19,21H,7-9,12-15H2,1-6H3. The fourth-order valence-electron chi connectivity index (χ4n) is 5.86. The van der Waals surface area contributed by atoms with E-state index in [1.165, 1.54) is 24.0 Å². The molecule has 5 heteroatoms. The second-order valence-corrected chi connectivity index (χ2v) is 11.7. The quantitative estimate of drug-likeness (QED) is 0.430. The van der Waals surface area contributed by atoms with Gasteiger partial charge in [0.25, 0.3) is 0 Å². The summed E-state index contributed by atoms with van der Waals surface area (Å²) < 4.78 is 11.5. The van der Waals surface area contributed by atoms with Crippen LogP contribution >= 0.6 is 0 Å². The molecule has 0 N–H and O–H groups in total. The van der Waals surface area contributed by atoms with Crippen LogP contribution in [0.5, 0.6) is 5.75 Å². The van der Waals surface area contributed by atoms with E-state index in [-0.39, 0.29) is 23.5 Å². The van der Waals surface area contributed by atoms with Crippen molar-refractivity contribution in [2.24, 2.45) is 11.3 Å². The summed E-state index contributed by atoms with van der Waals surface area (Å²) in [4.78, 5) is 27.5. The fraction of sp³-hybridized carbons (Fsp3) is 0.692. The van der Waals surface area contributed by atoms with Gasteiger partial charge in [0, 0.05) is 18.0 Å². The number of amides is 1. The highest BCUT2D eigenvalue weighted by molar-refractivity contribution is 5.78. The highest BCUT2D eigenvalue weighted by atomic mass is 16.6. The molecule has 170 valence electrons. The molecular formula is C26H37NO4. The number of ether oxygens (including phenoxy) is 2. The monoisotopic (exact) mass is 427 g/mol. The van der Waals surface area contributed by atoms with E-state index in [4.69, 9.17) is 9.47 Å². The van der Waals surface area contributed by atoms with Crippen LogP contribution in [-0.2, 0) is 21.4 Å². The Hall–Kier alpha value is -2.04. The molecule has 1 aliphatic heterocycles. The molecule has 2 aliphatic carbocycles. The molecule has 0 aromatic heterocycles. The van der Waals surface area contributed by atoms with Gasteiger partial charge in [0.1, 0.15) is 11.4 Å². The number of fused-ring (bicyclic) bond motifs is 1. The Bertz CT molecular complexity index is 878. The number of carbonyl (C=O) groups excluding carboxylic acids is 2. The van der Waals surface area contributed by atoms with Crippen molar-refractivity contribution in [2.45, 2.75) is 97.1 Å². The van der Waals surface area contributed by atoms with E-state index in [1.807, 2.05) is 52.5 Å². The Morgan fingerprint density at radius 1 is 1.06 bits per heavy atom. The first-order chi connectivity index (χ1) is 14.4. The highest BCUT2D eigenvalue weighted by Crippen LogP contribution is 2.56. The molecule has 1 saturated heterocycles. The van der Waals surface area contributed by atoms with Gasteiger partial charge in [-0.25, -0.2) is 4.79 Å². The number of nitrogens with zero attached hydrogens (tertiary/aromatic N) is 1. The maximum Gasteiger partial charge on any atom is 0.410 e. The number of rotatable bonds is 1. The lowest BCUT2D eigenvalue weighted by molar-refractivity contribution is -0.143. The summed E-state index contributed by atoms with van der Waals surface area (Å²) in [5.74, 6) is 0.868. The van der Waals surface area contributed by atoms with Gasteiger partial charge in [-0.3, -0.25) is 4.79 Å². The van der Waals surface area contributed by atoms with Crippen molar-refractivity contribution in [2.75, 3.05) is 6.54 Å². The van der Waals surface area contributed by atoms with Gasteiger partial charge in [-0.15, -0.1) is 0 Å². The molecule has 1 aromatic carbocycles. The zero-order valence-electron chi connectivity index (χ0n) is 19.9. The second kappa shape index (κ2) is 7.53. The third-order valence-corrected chi connectivity index (χ3v) is 7.26. The summed E-state index contributed by atoms with van der Waals surface area (Å²) in [5, 5.41) is 0. The third kappa shape index (κ3) is 4.08. The van der Waals surface area contributed by atoms with Crippen molar-refractivity contribution >= 4 is 12.1 Å². The van der Waals surface area contributed by atoms with Crippen molar-refractivity contribution in [3.05, 3.63) is 29.3 Å². The molecule has 31 heavy (non-hydrogen) atoms. The van der Waals surface area contributed by atoms with Crippen LogP contribution in [0.1, 0.15) is 84.8 Å². The normalized spacial score (nSPS) is 27.7. The molecule has 3 atom stereocenters. The van der Waals surface area contributed by atoms with Gasteiger partial charge in [0.15, 0.2) is 0 Å². The predicted molar refractivity (Wildman–Crippen MR) is 120 cm³/mol. The molecule has 3 unspecified atom stereocenters. The first kappa shape index (κ1) is 22.2. The Morgan fingerprint density at radius 2 is 1.81 bits per heavy atom. The van der Waals surface area contributed by atoms with Crippen LogP contribution in [0.15, 0.2) is 18.2 Å². The van der Waals surface area contributed by atoms with Gasteiger partial charge in [0.2, 0.25) is 0 Å². The molecule has 2 fully saturated rings. The first-order valence-corrected chi connectivity index (χ1v) is 11.8. The number of piperidine rings is 1. The summed E-state index contributed by atoms with van der Waals surface area (Å²) in [5.41, 5.74) is 1.67. The minimum atomic E-state index is -0.536. The highest BCUT2D eigenvalue weighted by Gasteiger charge is 2.55. The molecule has 1 heterocycles. The lowest BCUT2D eigenvalue weighted by Crippen LogP contribution is -2.62. The van der Waals surface area contributed by atoms with E-state index in [9.17, 15) is 9.59 Å². The van der Waals surface area contributed by atoms with Gasteiger partial charge in [-0.2, -0.15) is 0 Å².